The summed E-state index contributed by atoms with van der Waals surface area (Å²) < 4.78 is 7.51. The number of oxime groups is 1. The smallest absolute Gasteiger partial charge is 0.352 e. The minimum atomic E-state index is -1.33. The lowest BCUT2D eigenvalue weighted by Crippen LogP contribution is -2.71. The number of amides is 2. The van der Waals surface area contributed by atoms with Crippen LogP contribution in [0.4, 0.5) is 5.13 Å². The summed E-state index contributed by atoms with van der Waals surface area (Å²) in [5, 5.41) is 24.2. The third-order valence-electron chi connectivity index (χ3n) is 6.20. The topological polar surface area (TPSA) is 198 Å². The number of thioether (sulfide) groups is 1. The summed E-state index contributed by atoms with van der Waals surface area (Å²) in [4.78, 5) is 59.1. The number of aryl methyl sites for hydroxylation is 1. The van der Waals surface area contributed by atoms with Crippen molar-refractivity contribution in [3.63, 3.8) is 0 Å². The number of rotatable bonds is 9. The van der Waals surface area contributed by atoms with Crippen molar-refractivity contribution in [2.45, 2.75) is 30.8 Å². The van der Waals surface area contributed by atoms with E-state index in [1.165, 1.54) is 11.8 Å². The van der Waals surface area contributed by atoms with Crippen molar-refractivity contribution in [1.82, 2.24) is 15.2 Å². The average Bonchev–Trinajstić information content (AvgIpc) is 3.25. The number of thiazole rings is 1. The molecule has 40 heavy (non-hydrogen) atoms. The highest BCUT2D eigenvalue weighted by Gasteiger charge is 2.55. The third-order valence-corrected chi connectivity index (χ3v) is 8.62. The Morgan fingerprint density at radius 2 is 2.17 bits per heavy atom. The van der Waals surface area contributed by atoms with Gasteiger partial charge in [0.2, 0.25) is 6.61 Å². The van der Waals surface area contributed by atoms with Crippen molar-refractivity contribution < 1.29 is 43.5 Å². The highest BCUT2D eigenvalue weighted by molar-refractivity contribution is 8.00. The first-order valence-corrected chi connectivity index (χ1v) is 14.1. The fraction of sp³-hybridized carbons (Fsp3) is 0.348. The monoisotopic (exact) mass is 609 g/mol. The van der Waals surface area contributed by atoms with Crippen LogP contribution < -0.4 is 20.4 Å². The first kappa shape index (κ1) is 27.7. The molecule has 0 unspecified atom stereocenters. The number of carboxylic acids is 2. The maximum absolute atomic E-state index is 13.1. The van der Waals surface area contributed by atoms with Crippen LogP contribution in [-0.2, 0) is 37.0 Å². The van der Waals surface area contributed by atoms with Gasteiger partial charge in [-0.1, -0.05) is 28.1 Å². The van der Waals surface area contributed by atoms with E-state index >= 15 is 0 Å². The van der Waals surface area contributed by atoms with Gasteiger partial charge in [-0.2, -0.15) is 0 Å². The molecule has 3 aliphatic heterocycles. The summed E-state index contributed by atoms with van der Waals surface area (Å²) >= 11 is 8.28. The van der Waals surface area contributed by atoms with E-state index in [9.17, 15) is 24.3 Å². The molecular formula is C23H22ClN6O8S2+. The number of carboxylic acid groups (broad SMARTS) is 2. The van der Waals surface area contributed by atoms with Gasteiger partial charge >= 0.3 is 11.9 Å². The van der Waals surface area contributed by atoms with Crippen LogP contribution in [0.25, 0.3) is 0 Å². The average molecular weight is 610 g/mol. The summed E-state index contributed by atoms with van der Waals surface area (Å²) in [6.45, 7) is 0.0794. The zero-order valence-electron chi connectivity index (χ0n) is 20.5. The van der Waals surface area contributed by atoms with Crippen LogP contribution in [0, 0.1) is 0 Å². The van der Waals surface area contributed by atoms with E-state index in [1.807, 2.05) is 16.8 Å². The molecular weight excluding hydrogens is 588 g/mol. The normalized spacial score (nSPS) is 20.2. The number of anilines is 1. The van der Waals surface area contributed by atoms with E-state index in [-0.39, 0.29) is 27.4 Å². The molecule has 5 rings (SSSR count). The number of carbonyl (C=O) groups is 4. The molecule has 2 atom stereocenters. The summed E-state index contributed by atoms with van der Waals surface area (Å²) in [7, 11) is 0. The third kappa shape index (κ3) is 5.41. The van der Waals surface area contributed by atoms with Crippen LogP contribution in [0.15, 0.2) is 34.9 Å². The number of fused-ring (bicyclic) bond motifs is 2. The molecule has 0 aliphatic carbocycles. The molecule has 5 N–H and O–H groups in total. The second-order valence-electron chi connectivity index (χ2n) is 8.86. The number of nitrogens with zero attached hydrogens (tertiary/aromatic N) is 4. The van der Waals surface area contributed by atoms with E-state index in [1.54, 1.807) is 6.20 Å². The fourth-order valence-corrected chi connectivity index (χ4v) is 6.75. The predicted octanol–water partition coefficient (Wildman–Crippen LogP) is 0.235. The van der Waals surface area contributed by atoms with Gasteiger partial charge in [0.05, 0.1) is 12.2 Å². The number of β-lactam (4-membered cyclic amide) rings is 1. The van der Waals surface area contributed by atoms with E-state index in [0.29, 0.717) is 17.9 Å². The largest absolute Gasteiger partial charge is 0.493 e. The van der Waals surface area contributed by atoms with E-state index in [4.69, 9.17) is 32.0 Å². The summed E-state index contributed by atoms with van der Waals surface area (Å²) in [5.41, 5.74) is 6.48. The van der Waals surface area contributed by atoms with Crippen LogP contribution >= 0.6 is 34.7 Å². The maximum atomic E-state index is 13.1. The van der Waals surface area contributed by atoms with Gasteiger partial charge < -0.3 is 30.8 Å². The zero-order valence-corrected chi connectivity index (χ0v) is 22.9. The van der Waals surface area contributed by atoms with Crippen molar-refractivity contribution in [1.29, 1.82) is 0 Å². The number of nitrogens with one attached hydrogen (secondary N) is 1. The second-order valence-corrected chi connectivity index (χ2v) is 11.6. The molecule has 0 aromatic carbocycles. The summed E-state index contributed by atoms with van der Waals surface area (Å²) in [6, 6.07) is 0.761. The highest BCUT2D eigenvalue weighted by atomic mass is 35.5. The van der Waals surface area contributed by atoms with Gasteiger partial charge in [0.1, 0.15) is 32.9 Å². The number of carbonyl (C=O) groups excluding carboxylic acids is 2. The minimum Gasteiger partial charge on any atom is -0.493 e. The quantitative estimate of drug-likeness (QED) is 0.131. The molecule has 14 nitrogen and oxygen atoms in total. The summed E-state index contributed by atoms with van der Waals surface area (Å²) in [5.74, 6) is -3.02. The van der Waals surface area contributed by atoms with Crippen LogP contribution in [0.3, 0.4) is 0 Å². The lowest BCUT2D eigenvalue weighted by molar-refractivity contribution is -0.689. The predicted molar refractivity (Wildman–Crippen MR) is 142 cm³/mol. The van der Waals surface area contributed by atoms with Gasteiger partial charge in [-0.3, -0.25) is 14.5 Å². The SMILES string of the molecule is Nc1nc(/C(=N/OCC(=O)O)C(=O)N[C@@H]2C(=O)N3C(C(=O)O)=C(C[n+]4ccc5c(c4)CCCO5)CS[C@H]23)c(Cl)s1. The number of aliphatic carboxylic acids is 2. The molecule has 0 spiro atoms. The summed E-state index contributed by atoms with van der Waals surface area (Å²) in [6.07, 6.45) is 5.47. The molecule has 1 saturated heterocycles. The number of pyridine rings is 1. The Balaban J connectivity index is 1.34. The molecule has 2 aromatic heterocycles. The number of aromatic nitrogens is 2. The van der Waals surface area contributed by atoms with Crippen LogP contribution in [-0.4, -0.2) is 79.9 Å². The molecule has 5 heterocycles. The number of nitrogen functional groups attached to an aromatic ring is 1. The van der Waals surface area contributed by atoms with E-state index < -0.39 is 47.5 Å². The molecule has 17 heteroatoms. The van der Waals surface area contributed by atoms with Crippen LogP contribution in [0.5, 0.6) is 5.75 Å². The Morgan fingerprint density at radius 1 is 1.38 bits per heavy atom. The Bertz CT molecular complexity index is 1480. The molecule has 1 fully saturated rings. The minimum absolute atomic E-state index is 0.00547. The van der Waals surface area contributed by atoms with Gasteiger partial charge in [0, 0.05) is 17.4 Å². The Hall–Kier alpha value is -3.89. The molecule has 0 saturated carbocycles. The highest BCUT2D eigenvalue weighted by Crippen LogP contribution is 2.40. The molecule has 2 amide bonds. The Morgan fingerprint density at radius 3 is 2.88 bits per heavy atom. The number of halogens is 1. The van der Waals surface area contributed by atoms with Gasteiger partial charge in [-0.25, -0.2) is 19.1 Å². The molecule has 2 aromatic rings. The first-order chi connectivity index (χ1) is 19.1. The van der Waals surface area contributed by atoms with Gasteiger partial charge in [0.25, 0.3) is 11.8 Å². The zero-order chi connectivity index (χ0) is 28.6. The van der Waals surface area contributed by atoms with Crippen molar-refractivity contribution in [2.75, 3.05) is 24.7 Å². The van der Waals surface area contributed by atoms with E-state index in [0.717, 1.165) is 40.4 Å². The molecule has 0 radical (unpaired) electrons. The number of ether oxygens (including phenoxy) is 1. The second kappa shape index (κ2) is 11.3. The lowest BCUT2D eigenvalue weighted by atomic mass is 10.0. The molecule has 210 valence electrons. The van der Waals surface area contributed by atoms with Gasteiger partial charge in [-0.05, 0) is 12.8 Å². The van der Waals surface area contributed by atoms with Gasteiger partial charge in [-0.15, -0.1) is 11.8 Å². The number of hydrogen-bond acceptors (Lipinski definition) is 11. The lowest BCUT2D eigenvalue weighted by Gasteiger charge is -2.49. The fourth-order valence-electron chi connectivity index (χ4n) is 4.49. The number of hydrogen-bond donors (Lipinski definition) is 4. The first-order valence-electron chi connectivity index (χ1n) is 11.8. The van der Waals surface area contributed by atoms with Crippen LogP contribution in [0.1, 0.15) is 17.7 Å². The van der Waals surface area contributed by atoms with Crippen LogP contribution in [0.2, 0.25) is 4.34 Å². The maximum Gasteiger partial charge on any atom is 0.352 e. The van der Waals surface area contributed by atoms with Crippen molar-refractivity contribution >= 4 is 69.3 Å². The van der Waals surface area contributed by atoms with Gasteiger partial charge in [0.15, 0.2) is 29.8 Å². The van der Waals surface area contributed by atoms with Crippen molar-refractivity contribution in [2.24, 2.45) is 5.16 Å². The van der Waals surface area contributed by atoms with Crippen molar-refractivity contribution in [3.05, 3.63) is 45.3 Å². The number of nitrogens with two attached hydrogens (primary N) is 1. The molecule has 3 aliphatic rings. The van der Waals surface area contributed by atoms with E-state index in [2.05, 4.69) is 15.5 Å². The Labute approximate surface area is 239 Å². The Kier molecular flexibility index (Phi) is 7.82. The van der Waals surface area contributed by atoms with Crippen molar-refractivity contribution in [3.8, 4) is 5.75 Å². The molecule has 0 bridgehead atoms. The standard InChI is InChI=1S/C23H21ClN6O8S2/c24-18-14(27-23(25)40-18)15(28-38-8-13(31)32)19(33)26-16-20(34)30-17(22(35)36)11(9-39-21(16)30)7-29-4-3-12-10(6-29)2-1-5-37-12/h3-4,6,16,21H,1-2,5,7-9H2,(H4-,25,26,27,31,32,33,35,36)/p+1/b28-15-/t16-,21-/m1/s1.